The topological polar surface area (TPSA) is 40.1 Å². The number of unbranched alkanes of at least 4 members (excludes halogenated alkanes) is 1. The van der Waals surface area contributed by atoms with Gasteiger partial charge in [-0.15, -0.1) is 0 Å². The molecular formula is C24H40N4OS. The fourth-order valence-electron chi connectivity index (χ4n) is 3.65. The number of ether oxygens (including phenoxy) is 1. The number of nitrogens with one attached hydrogen (secondary N) is 1. The maximum Gasteiger partial charge on any atom is 0.165 e. The predicted octanol–water partition coefficient (Wildman–Crippen LogP) is 4.77. The number of hydrogen-bond acceptors (Lipinski definition) is 5. The van der Waals surface area contributed by atoms with E-state index in [1.54, 1.807) is 11.8 Å². The van der Waals surface area contributed by atoms with Gasteiger partial charge in [-0.3, -0.25) is 9.89 Å². The third kappa shape index (κ3) is 7.88. The molecule has 6 heteroatoms. The molecule has 2 rings (SSSR count). The van der Waals surface area contributed by atoms with Crippen molar-refractivity contribution in [2.24, 2.45) is 4.99 Å². The molecule has 2 heterocycles. The minimum absolute atomic E-state index is 0.829. The van der Waals surface area contributed by atoms with Crippen LogP contribution < -0.4 is 5.32 Å². The summed E-state index contributed by atoms with van der Waals surface area (Å²) in [5.74, 6) is 1.19. The molecule has 0 aromatic carbocycles. The minimum Gasteiger partial charge on any atom is -0.497 e. The van der Waals surface area contributed by atoms with E-state index < -0.39 is 0 Å². The van der Waals surface area contributed by atoms with E-state index in [2.05, 4.69) is 58.8 Å². The Morgan fingerprint density at radius 1 is 1.27 bits per heavy atom. The smallest absolute Gasteiger partial charge is 0.165 e. The molecule has 30 heavy (non-hydrogen) atoms. The summed E-state index contributed by atoms with van der Waals surface area (Å²) in [4.78, 5) is 9.41. The molecule has 0 aromatic heterocycles. The Labute approximate surface area is 188 Å². The van der Waals surface area contributed by atoms with Gasteiger partial charge in [-0.1, -0.05) is 45.1 Å². The fourth-order valence-corrected chi connectivity index (χ4v) is 4.60. The van der Waals surface area contributed by atoms with Gasteiger partial charge in [-0.25, -0.2) is 0 Å². The molecule has 0 radical (unpaired) electrons. The second-order valence-corrected chi connectivity index (χ2v) is 8.75. The van der Waals surface area contributed by atoms with Crippen LogP contribution in [0.5, 0.6) is 0 Å². The van der Waals surface area contributed by atoms with E-state index in [1.807, 2.05) is 14.1 Å². The van der Waals surface area contributed by atoms with Gasteiger partial charge in [0.2, 0.25) is 0 Å². The SMILES string of the molecule is C=C(/C=C\C1=C(CCCC)OCC1)CN1CCN(C(=NC)S/C(=C\CC)NC)CC1. The first-order chi connectivity index (χ1) is 14.6. The lowest BCUT2D eigenvalue weighted by molar-refractivity contribution is 0.198. The lowest BCUT2D eigenvalue weighted by atomic mass is 10.1. The van der Waals surface area contributed by atoms with Gasteiger partial charge in [-0.05, 0) is 35.7 Å². The summed E-state index contributed by atoms with van der Waals surface area (Å²) in [7, 11) is 3.86. The maximum atomic E-state index is 5.81. The van der Waals surface area contributed by atoms with E-state index in [1.165, 1.54) is 34.8 Å². The van der Waals surface area contributed by atoms with Crippen LogP contribution in [0.2, 0.25) is 0 Å². The van der Waals surface area contributed by atoms with Crippen molar-refractivity contribution >= 4 is 16.9 Å². The Balaban J connectivity index is 1.81. The van der Waals surface area contributed by atoms with E-state index in [0.717, 1.165) is 63.8 Å². The summed E-state index contributed by atoms with van der Waals surface area (Å²) in [5, 5.41) is 5.53. The second-order valence-electron chi connectivity index (χ2n) is 7.74. The molecular weight excluding hydrogens is 392 g/mol. The highest BCUT2D eigenvalue weighted by Gasteiger charge is 2.21. The molecule has 0 aromatic rings. The Morgan fingerprint density at radius 3 is 2.67 bits per heavy atom. The van der Waals surface area contributed by atoms with Gasteiger partial charge in [0.15, 0.2) is 5.17 Å². The Kier molecular flexibility index (Phi) is 11.2. The van der Waals surface area contributed by atoms with Crippen LogP contribution in [0.4, 0.5) is 0 Å². The van der Waals surface area contributed by atoms with Crippen LogP contribution in [0.1, 0.15) is 46.0 Å². The summed E-state index contributed by atoms with van der Waals surface area (Å²) in [5.41, 5.74) is 2.52. The van der Waals surface area contributed by atoms with Crippen molar-refractivity contribution in [3.63, 3.8) is 0 Å². The van der Waals surface area contributed by atoms with Crippen LogP contribution in [-0.4, -0.2) is 68.4 Å². The molecule has 2 aliphatic heterocycles. The molecule has 5 nitrogen and oxygen atoms in total. The summed E-state index contributed by atoms with van der Waals surface area (Å²) in [6, 6.07) is 0. The number of rotatable bonds is 10. The molecule has 0 spiro atoms. The Morgan fingerprint density at radius 2 is 2.03 bits per heavy atom. The Hall–Kier alpha value is -1.66. The normalized spacial score (nSPS) is 19.0. The van der Waals surface area contributed by atoms with Crippen molar-refractivity contribution in [2.45, 2.75) is 46.0 Å². The van der Waals surface area contributed by atoms with Gasteiger partial charge in [0.05, 0.1) is 17.4 Å². The van der Waals surface area contributed by atoms with Crippen LogP contribution in [0, 0.1) is 0 Å². The average Bonchev–Trinajstić information content (AvgIpc) is 3.21. The first-order valence-corrected chi connectivity index (χ1v) is 12.1. The van der Waals surface area contributed by atoms with E-state index in [9.17, 15) is 0 Å². The largest absolute Gasteiger partial charge is 0.497 e. The van der Waals surface area contributed by atoms with Crippen molar-refractivity contribution in [3.05, 3.63) is 46.7 Å². The van der Waals surface area contributed by atoms with Gasteiger partial charge in [-0.2, -0.15) is 0 Å². The predicted molar refractivity (Wildman–Crippen MR) is 132 cm³/mol. The first-order valence-electron chi connectivity index (χ1n) is 11.3. The molecule has 0 aliphatic carbocycles. The third-order valence-corrected chi connectivity index (χ3v) is 6.60. The van der Waals surface area contributed by atoms with Crippen molar-refractivity contribution in [1.29, 1.82) is 0 Å². The van der Waals surface area contributed by atoms with Crippen molar-refractivity contribution in [2.75, 3.05) is 53.4 Å². The molecule has 0 bridgehead atoms. The van der Waals surface area contributed by atoms with E-state index in [4.69, 9.17) is 4.74 Å². The van der Waals surface area contributed by atoms with E-state index in [0.29, 0.717) is 0 Å². The van der Waals surface area contributed by atoms with Crippen molar-refractivity contribution in [3.8, 4) is 0 Å². The van der Waals surface area contributed by atoms with Gasteiger partial charge in [0.1, 0.15) is 0 Å². The number of aliphatic imine (C=N–C) groups is 1. The molecule has 1 fully saturated rings. The molecule has 168 valence electrons. The summed E-state index contributed by atoms with van der Waals surface area (Å²) in [6.07, 6.45) is 12.1. The van der Waals surface area contributed by atoms with Crippen LogP contribution in [0.15, 0.2) is 51.7 Å². The summed E-state index contributed by atoms with van der Waals surface area (Å²) in [6.45, 7) is 14.5. The fraction of sp³-hybridized carbons (Fsp3) is 0.625. The molecule has 2 aliphatic rings. The zero-order valence-electron chi connectivity index (χ0n) is 19.4. The van der Waals surface area contributed by atoms with E-state index >= 15 is 0 Å². The van der Waals surface area contributed by atoms with Crippen molar-refractivity contribution < 1.29 is 4.74 Å². The minimum atomic E-state index is 0.829. The van der Waals surface area contributed by atoms with E-state index in [-0.39, 0.29) is 0 Å². The number of allylic oxidation sites excluding steroid dienone is 3. The van der Waals surface area contributed by atoms with Crippen LogP contribution in [0.25, 0.3) is 0 Å². The number of piperazine rings is 1. The maximum absolute atomic E-state index is 5.81. The zero-order chi connectivity index (χ0) is 21.8. The average molecular weight is 433 g/mol. The first kappa shape index (κ1) is 24.6. The monoisotopic (exact) mass is 432 g/mol. The summed E-state index contributed by atoms with van der Waals surface area (Å²) >= 11 is 1.73. The highest BCUT2D eigenvalue weighted by Crippen LogP contribution is 2.25. The quantitative estimate of drug-likeness (QED) is 0.306. The highest BCUT2D eigenvalue weighted by atomic mass is 32.2. The lowest BCUT2D eigenvalue weighted by Crippen LogP contribution is -2.48. The molecule has 0 saturated carbocycles. The number of hydrogen-bond donors (Lipinski definition) is 1. The van der Waals surface area contributed by atoms with Crippen LogP contribution in [0.3, 0.4) is 0 Å². The third-order valence-electron chi connectivity index (χ3n) is 5.38. The van der Waals surface area contributed by atoms with Crippen LogP contribution in [-0.2, 0) is 4.74 Å². The summed E-state index contributed by atoms with van der Waals surface area (Å²) < 4.78 is 5.81. The molecule has 1 N–H and O–H groups in total. The second kappa shape index (κ2) is 13.6. The van der Waals surface area contributed by atoms with Gasteiger partial charge in [0, 0.05) is 59.7 Å². The Bertz CT molecular complexity index is 673. The molecule has 0 amide bonds. The number of nitrogens with zero attached hydrogens (tertiary/aromatic N) is 3. The lowest BCUT2D eigenvalue weighted by Gasteiger charge is -2.36. The van der Waals surface area contributed by atoms with Crippen molar-refractivity contribution in [1.82, 2.24) is 15.1 Å². The zero-order valence-corrected chi connectivity index (χ0v) is 20.2. The van der Waals surface area contributed by atoms with Crippen LogP contribution >= 0.6 is 11.8 Å². The standard InChI is InChI=1S/C24H40N4OS/c1-6-8-10-22-21(13-18-29-22)12-11-20(3)19-27-14-16-28(17-15-27)24(26-5)30-23(25-4)9-7-2/h9,11-12,25H,3,6-8,10,13-19H2,1-2,4-5H3/b12-11-,23-9-,26-24?. The molecule has 1 saturated heterocycles. The van der Waals surface area contributed by atoms with Gasteiger partial charge in [0.25, 0.3) is 0 Å². The number of thioether (sulfide) groups is 1. The van der Waals surface area contributed by atoms with Gasteiger partial charge >= 0.3 is 0 Å². The molecule has 0 atom stereocenters. The van der Waals surface area contributed by atoms with Gasteiger partial charge < -0.3 is 15.0 Å². The number of amidine groups is 1. The molecule has 0 unspecified atom stereocenters. The highest BCUT2D eigenvalue weighted by molar-refractivity contribution is 8.17.